The lowest BCUT2D eigenvalue weighted by Gasteiger charge is -2.03. The first-order valence-corrected chi connectivity index (χ1v) is 9.50. The lowest BCUT2D eigenvalue weighted by atomic mass is 10.1. The van der Waals surface area contributed by atoms with E-state index < -0.39 is 0 Å². The summed E-state index contributed by atoms with van der Waals surface area (Å²) in [5.74, 6) is -0.497. The number of benzene rings is 1. The minimum absolute atomic E-state index is 0.0294. The van der Waals surface area contributed by atoms with Crippen molar-refractivity contribution >= 4 is 17.9 Å². The average Bonchev–Trinajstić information content (AvgIpc) is 3.47. The van der Waals surface area contributed by atoms with E-state index in [4.69, 9.17) is 0 Å². The van der Waals surface area contributed by atoms with Crippen molar-refractivity contribution in [2.24, 2.45) is 0 Å². The molecule has 7 heteroatoms. The number of carbonyl (C=O) groups excluding carboxylic acids is 2. The highest BCUT2D eigenvalue weighted by molar-refractivity contribution is 5.95. The topological polar surface area (TPSA) is 88.9 Å². The standard InChI is InChI=1S/C22H21N5O2/c28-20(24-14-21(29)25-18-9-10-18)11-8-17-15-27(19-6-2-1-3-7-19)26-22(17)16-5-4-12-23-13-16/h1-8,11-13,15,18H,9-10,14H2,(H,24,28)(H,25,29)/b11-8+. The Morgan fingerprint density at radius 1 is 1.14 bits per heavy atom. The number of nitrogens with zero attached hydrogens (tertiary/aromatic N) is 3. The van der Waals surface area contributed by atoms with E-state index in [-0.39, 0.29) is 24.4 Å². The predicted octanol–water partition coefficient (Wildman–Crippen LogP) is 2.34. The predicted molar refractivity (Wildman–Crippen MR) is 110 cm³/mol. The van der Waals surface area contributed by atoms with Crippen LogP contribution in [0, 0.1) is 0 Å². The molecule has 0 bridgehead atoms. The van der Waals surface area contributed by atoms with Crippen LogP contribution < -0.4 is 10.6 Å². The minimum Gasteiger partial charge on any atom is -0.352 e. The van der Waals surface area contributed by atoms with Crippen molar-refractivity contribution in [2.75, 3.05) is 6.54 Å². The lowest BCUT2D eigenvalue weighted by molar-refractivity contribution is -0.124. The molecule has 2 heterocycles. The van der Waals surface area contributed by atoms with Crippen molar-refractivity contribution < 1.29 is 9.59 Å². The Morgan fingerprint density at radius 2 is 1.97 bits per heavy atom. The third kappa shape index (κ3) is 4.95. The Labute approximate surface area is 168 Å². The Balaban J connectivity index is 1.51. The van der Waals surface area contributed by atoms with E-state index in [0.29, 0.717) is 0 Å². The SMILES string of the molecule is O=C(/C=C/c1cn(-c2ccccc2)nc1-c1cccnc1)NCC(=O)NC1CC1. The average molecular weight is 387 g/mol. The van der Waals surface area contributed by atoms with Gasteiger partial charge in [0.05, 0.1) is 12.2 Å². The van der Waals surface area contributed by atoms with Crippen LogP contribution in [0.2, 0.25) is 0 Å². The van der Waals surface area contributed by atoms with Gasteiger partial charge < -0.3 is 10.6 Å². The van der Waals surface area contributed by atoms with Crippen molar-refractivity contribution in [3.8, 4) is 16.9 Å². The number of para-hydroxylation sites is 1. The summed E-state index contributed by atoms with van der Waals surface area (Å²) < 4.78 is 1.77. The number of nitrogens with one attached hydrogen (secondary N) is 2. The van der Waals surface area contributed by atoms with Gasteiger partial charge in [-0.3, -0.25) is 14.6 Å². The normalized spacial score (nSPS) is 13.4. The van der Waals surface area contributed by atoms with Crippen LogP contribution in [0.4, 0.5) is 0 Å². The highest BCUT2D eigenvalue weighted by Crippen LogP contribution is 2.24. The van der Waals surface area contributed by atoms with Crippen LogP contribution in [0.3, 0.4) is 0 Å². The summed E-state index contributed by atoms with van der Waals surface area (Å²) in [6.07, 6.45) is 10.4. The van der Waals surface area contributed by atoms with Gasteiger partial charge in [0, 0.05) is 41.8 Å². The molecule has 1 aromatic carbocycles. The molecule has 2 N–H and O–H groups in total. The zero-order valence-corrected chi connectivity index (χ0v) is 15.8. The van der Waals surface area contributed by atoms with Gasteiger partial charge in [-0.05, 0) is 43.2 Å². The fourth-order valence-corrected chi connectivity index (χ4v) is 2.85. The maximum atomic E-state index is 12.1. The van der Waals surface area contributed by atoms with Gasteiger partial charge in [0.25, 0.3) is 0 Å². The van der Waals surface area contributed by atoms with E-state index in [1.54, 1.807) is 23.2 Å². The molecule has 1 saturated carbocycles. The summed E-state index contributed by atoms with van der Waals surface area (Å²) in [5, 5.41) is 10.1. The maximum absolute atomic E-state index is 12.1. The van der Waals surface area contributed by atoms with E-state index in [2.05, 4.69) is 20.7 Å². The van der Waals surface area contributed by atoms with Gasteiger partial charge in [0.15, 0.2) is 0 Å². The van der Waals surface area contributed by atoms with Crippen LogP contribution >= 0.6 is 0 Å². The highest BCUT2D eigenvalue weighted by Gasteiger charge is 2.23. The minimum atomic E-state index is -0.333. The van der Waals surface area contributed by atoms with Crippen molar-refractivity contribution in [2.45, 2.75) is 18.9 Å². The van der Waals surface area contributed by atoms with Crippen LogP contribution in [0.15, 0.2) is 67.1 Å². The number of pyridine rings is 1. The third-order valence-electron chi connectivity index (χ3n) is 4.48. The number of aromatic nitrogens is 3. The molecule has 7 nitrogen and oxygen atoms in total. The summed E-state index contributed by atoms with van der Waals surface area (Å²) >= 11 is 0. The second-order valence-electron chi connectivity index (χ2n) is 6.85. The molecule has 0 spiro atoms. The lowest BCUT2D eigenvalue weighted by Crippen LogP contribution is -2.37. The molecule has 0 unspecified atom stereocenters. The molecule has 0 aliphatic heterocycles. The van der Waals surface area contributed by atoms with Gasteiger partial charge in [-0.15, -0.1) is 0 Å². The summed E-state index contributed by atoms with van der Waals surface area (Å²) in [5.41, 5.74) is 3.27. The largest absolute Gasteiger partial charge is 0.352 e. The van der Waals surface area contributed by atoms with E-state index in [0.717, 1.165) is 35.3 Å². The second-order valence-corrected chi connectivity index (χ2v) is 6.85. The molecular formula is C22H21N5O2. The zero-order valence-electron chi connectivity index (χ0n) is 15.8. The number of amides is 2. The summed E-state index contributed by atoms with van der Waals surface area (Å²) in [7, 11) is 0. The van der Waals surface area contributed by atoms with Crippen LogP contribution in [0.25, 0.3) is 23.0 Å². The van der Waals surface area contributed by atoms with Crippen molar-refractivity contribution in [3.05, 3.63) is 72.7 Å². The van der Waals surface area contributed by atoms with Crippen LogP contribution in [0.1, 0.15) is 18.4 Å². The Hall–Kier alpha value is -3.74. The number of carbonyl (C=O) groups is 2. The van der Waals surface area contributed by atoms with E-state index in [9.17, 15) is 9.59 Å². The number of hydrogen-bond donors (Lipinski definition) is 2. The summed E-state index contributed by atoms with van der Waals surface area (Å²) in [6.45, 7) is -0.0294. The number of rotatable bonds is 7. The molecule has 146 valence electrons. The molecule has 1 aliphatic carbocycles. The molecule has 0 radical (unpaired) electrons. The van der Waals surface area contributed by atoms with E-state index in [1.807, 2.05) is 48.7 Å². The zero-order chi connectivity index (χ0) is 20.1. The summed E-state index contributed by atoms with van der Waals surface area (Å²) in [6, 6.07) is 13.8. The van der Waals surface area contributed by atoms with Crippen LogP contribution in [-0.4, -0.2) is 39.2 Å². The first kappa shape index (κ1) is 18.6. The van der Waals surface area contributed by atoms with Crippen molar-refractivity contribution in [1.82, 2.24) is 25.4 Å². The first-order valence-electron chi connectivity index (χ1n) is 9.50. The second kappa shape index (κ2) is 8.52. The van der Waals surface area contributed by atoms with Gasteiger partial charge in [0.1, 0.15) is 5.69 Å². The van der Waals surface area contributed by atoms with Crippen molar-refractivity contribution in [3.63, 3.8) is 0 Å². The van der Waals surface area contributed by atoms with Crippen LogP contribution in [-0.2, 0) is 9.59 Å². The fourth-order valence-electron chi connectivity index (χ4n) is 2.85. The molecule has 2 amide bonds. The van der Waals surface area contributed by atoms with E-state index in [1.165, 1.54) is 6.08 Å². The smallest absolute Gasteiger partial charge is 0.244 e. The van der Waals surface area contributed by atoms with Gasteiger partial charge >= 0.3 is 0 Å². The molecule has 0 atom stereocenters. The molecule has 1 aliphatic rings. The fraction of sp³-hybridized carbons (Fsp3) is 0.182. The molecule has 29 heavy (non-hydrogen) atoms. The Bertz CT molecular complexity index is 1020. The number of hydrogen-bond acceptors (Lipinski definition) is 4. The monoisotopic (exact) mass is 387 g/mol. The van der Waals surface area contributed by atoms with Crippen molar-refractivity contribution in [1.29, 1.82) is 0 Å². The Morgan fingerprint density at radius 3 is 2.69 bits per heavy atom. The van der Waals surface area contributed by atoms with Gasteiger partial charge in [-0.25, -0.2) is 4.68 Å². The maximum Gasteiger partial charge on any atom is 0.244 e. The highest BCUT2D eigenvalue weighted by atomic mass is 16.2. The first-order chi connectivity index (χ1) is 14.2. The molecular weight excluding hydrogens is 366 g/mol. The Kier molecular flexibility index (Phi) is 5.47. The van der Waals surface area contributed by atoms with Gasteiger partial charge in [0.2, 0.25) is 11.8 Å². The molecule has 2 aromatic heterocycles. The van der Waals surface area contributed by atoms with Gasteiger partial charge in [-0.1, -0.05) is 18.2 Å². The third-order valence-corrected chi connectivity index (χ3v) is 4.48. The molecule has 3 aromatic rings. The molecule has 4 rings (SSSR count). The van der Waals surface area contributed by atoms with Crippen LogP contribution in [0.5, 0.6) is 0 Å². The molecule has 1 fully saturated rings. The molecule has 0 saturated heterocycles. The van der Waals surface area contributed by atoms with E-state index >= 15 is 0 Å². The van der Waals surface area contributed by atoms with Gasteiger partial charge in [-0.2, -0.15) is 5.10 Å². The quantitative estimate of drug-likeness (QED) is 0.609. The summed E-state index contributed by atoms with van der Waals surface area (Å²) in [4.78, 5) is 28.0.